The summed E-state index contributed by atoms with van der Waals surface area (Å²) in [6.45, 7) is 12.6. The first-order chi connectivity index (χ1) is 7.16. The molecule has 2 atom stereocenters. The lowest BCUT2D eigenvalue weighted by Gasteiger charge is -2.69. The first-order valence-electron chi connectivity index (χ1n) is 7.16. The molecule has 92 valence electrons. The predicted octanol–water partition coefficient (Wildman–Crippen LogP) is 5.03. The molecule has 0 N–H and O–H groups in total. The van der Waals surface area contributed by atoms with Crippen LogP contribution in [-0.2, 0) is 0 Å². The van der Waals surface area contributed by atoms with Crippen LogP contribution in [0.4, 0.5) is 0 Å². The molecule has 0 spiro atoms. The Hall–Kier alpha value is 0. The van der Waals surface area contributed by atoms with Crippen LogP contribution in [0.5, 0.6) is 0 Å². The molecule has 0 aliphatic heterocycles. The summed E-state index contributed by atoms with van der Waals surface area (Å²) < 4.78 is 0. The zero-order valence-electron chi connectivity index (χ0n) is 11.8. The molecule has 0 heteroatoms. The van der Waals surface area contributed by atoms with Crippen LogP contribution in [0.2, 0.25) is 0 Å². The van der Waals surface area contributed by atoms with Crippen LogP contribution in [-0.4, -0.2) is 0 Å². The van der Waals surface area contributed by atoms with Crippen LogP contribution in [0.1, 0.15) is 73.1 Å². The smallest absolute Gasteiger partial charge is 0.0236 e. The minimum Gasteiger partial charge on any atom is -0.0596 e. The Morgan fingerprint density at radius 1 is 0.812 bits per heavy atom. The molecule has 4 aliphatic carbocycles. The lowest BCUT2D eigenvalue weighted by atomic mass is 9.36. The summed E-state index contributed by atoms with van der Waals surface area (Å²) in [7, 11) is 0. The fourth-order valence-electron chi connectivity index (χ4n) is 6.28. The highest BCUT2D eigenvalue weighted by Gasteiger charge is 2.62. The van der Waals surface area contributed by atoms with Crippen molar-refractivity contribution in [2.45, 2.75) is 73.1 Å². The van der Waals surface area contributed by atoms with Crippen molar-refractivity contribution in [2.75, 3.05) is 0 Å². The quantitative estimate of drug-likeness (QED) is 0.537. The van der Waals surface area contributed by atoms with Gasteiger partial charge in [-0.1, -0.05) is 34.6 Å². The lowest BCUT2D eigenvalue weighted by molar-refractivity contribution is -0.184. The molecule has 0 nitrogen and oxygen atoms in total. The van der Waals surface area contributed by atoms with Crippen LogP contribution < -0.4 is 0 Å². The molecule has 2 unspecified atom stereocenters. The molecule has 0 saturated heterocycles. The van der Waals surface area contributed by atoms with Crippen molar-refractivity contribution in [1.82, 2.24) is 0 Å². The van der Waals surface area contributed by atoms with Gasteiger partial charge in [0.1, 0.15) is 0 Å². The molecule has 0 heterocycles. The van der Waals surface area contributed by atoms with Crippen molar-refractivity contribution >= 4 is 0 Å². The van der Waals surface area contributed by atoms with Gasteiger partial charge in [0, 0.05) is 0 Å². The van der Waals surface area contributed by atoms with Crippen LogP contribution in [0.25, 0.3) is 0 Å². The van der Waals surface area contributed by atoms with Crippen molar-refractivity contribution in [3.8, 4) is 0 Å². The molecule has 4 rings (SSSR count). The SMILES string of the molecule is CC12CC3CC(C)(C1)CC(C(C)(C)C)(C3)C2. The van der Waals surface area contributed by atoms with Crippen molar-refractivity contribution in [1.29, 1.82) is 0 Å². The summed E-state index contributed by atoms with van der Waals surface area (Å²) in [5.74, 6) is 1.05. The van der Waals surface area contributed by atoms with E-state index in [1.807, 2.05) is 0 Å². The molecule has 0 aromatic rings. The zero-order valence-corrected chi connectivity index (χ0v) is 11.8. The summed E-state index contributed by atoms with van der Waals surface area (Å²) in [6, 6.07) is 0. The summed E-state index contributed by atoms with van der Waals surface area (Å²) in [6.07, 6.45) is 9.11. The molecule has 4 bridgehead atoms. The van der Waals surface area contributed by atoms with Crippen LogP contribution in [0, 0.1) is 27.6 Å². The number of hydrogen-bond acceptors (Lipinski definition) is 0. The maximum absolute atomic E-state index is 2.58. The Morgan fingerprint density at radius 3 is 1.69 bits per heavy atom. The molecular formula is C16H28. The molecular weight excluding hydrogens is 192 g/mol. The summed E-state index contributed by atoms with van der Waals surface area (Å²) in [5, 5.41) is 0. The van der Waals surface area contributed by atoms with Gasteiger partial charge in [0.15, 0.2) is 0 Å². The van der Waals surface area contributed by atoms with Crippen molar-refractivity contribution in [2.24, 2.45) is 27.6 Å². The third-order valence-corrected chi connectivity index (χ3v) is 6.22. The maximum Gasteiger partial charge on any atom is -0.0236 e. The highest BCUT2D eigenvalue weighted by atomic mass is 14.7. The molecule has 16 heavy (non-hydrogen) atoms. The van der Waals surface area contributed by atoms with E-state index < -0.39 is 0 Å². The lowest BCUT2D eigenvalue weighted by Crippen LogP contribution is -2.58. The highest BCUT2D eigenvalue weighted by Crippen LogP contribution is 2.73. The molecule has 4 fully saturated rings. The second-order valence-corrected chi connectivity index (χ2v) is 9.16. The number of hydrogen-bond donors (Lipinski definition) is 0. The Morgan fingerprint density at radius 2 is 1.31 bits per heavy atom. The van der Waals surface area contributed by atoms with Crippen molar-refractivity contribution < 1.29 is 0 Å². The molecule has 4 aliphatic rings. The van der Waals surface area contributed by atoms with E-state index in [4.69, 9.17) is 0 Å². The number of rotatable bonds is 0. The largest absolute Gasteiger partial charge is 0.0596 e. The molecule has 0 aromatic carbocycles. The fourth-order valence-corrected chi connectivity index (χ4v) is 6.28. The molecule has 0 aromatic heterocycles. The van der Waals surface area contributed by atoms with Gasteiger partial charge in [-0.25, -0.2) is 0 Å². The minimum atomic E-state index is 0.509. The third kappa shape index (κ3) is 1.34. The average molecular weight is 220 g/mol. The molecule has 4 saturated carbocycles. The Kier molecular flexibility index (Phi) is 1.87. The fraction of sp³-hybridized carbons (Fsp3) is 1.00. The van der Waals surface area contributed by atoms with Crippen LogP contribution in [0.3, 0.4) is 0 Å². The summed E-state index contributed by atoms with van der Waals surface area (Å²) in [5.41, 5.74) is 2.54. The standard InChI is InChI=1S/C16H28/c1-13(2,3)16-8-12-6-14(4,10-16)9-15(5,7-12)11-16/h12H,6-11H2,1-5H3. The molecule has 0 radical (unpaired) electrons. The van der Waals surface area contributed by atoms with Gasteiger partial charge in [-0.05, 0) is 66.1 Å². The van der Waals surface area contributed by atoms with Crippen LogP contribution in [0.15, 0.2) is 0 Å². The van der Waals surface area contributed by atoms with Crippen molar-refractivity contribution in [3.63, 3.8) is 0 Å². The van der Waals surface area contributed by atoms with E-state index in [-0.39, 0.29) is 0 Å². The van der Waals surface area contributed by atoms with Gasteiger partial charge in [-0.15, -0.1) is 0 Å². The second-order valence-electron chi connectivity index (χ2n) is 9.16. The van der Waals surface area contributed by atoms with Crippen LogP contribution >= 0.6 is 0 Å². The maximum atomic E-state index is 2.58. The van der Waals surface area contributed by atoms with Gasteiger partial charge in [0.05, 0.1) is 0 Å². The van der Waals surface area contributed by atoms with E-state index in [0.29, 0.717) is 21.7 Å². The van der Waals surface area contributed by atoms with Gasteiger partial charge >= 0.3 is 0 Å². The predicted molar refractivity (Wildman–Crippen MR) is 69.3 cm³/mol. The second kappa shape index (κ2) is 2.70. The summed E-state index contributed by atoms with van der Waals surface area (Å²) >= 11 is 0. The average Bonchev–Trinajstić information content (AvgIpc) is 1.92. The van der Waals surface area contributed by atoms with Gasteiger partial charge < -0.3 is 0 Å². The van der Waals surface area contributed by atoms with E-state index in [1.165, 1.54) is 38.5 Å². The first kappa shape index (κ1) is 11.1. The van der Waals surface area contributed by atoms with Crippen molar-refractivity contribution in [3.05, 3.63) is 0 Å². The highest BCUT2D eigenvalue weighted by molar-refractivity contribution is 5.13. The van der Waals surface area contributed by atoms with E-state index in [0.717, 1.165) is 5.92 Å². The van der Waals surface area contributed by atoms with E-state index in [1.54, 1.807) is 0 Å². The van der Waals surface area contributed by atoms with Gasteiger partial charge in [0.25, 0.3) is 0 Å². The van der Waals surface area contributed by atoms with E-state index in [2.05, 4.69) is 34.6 Å². The Balaban J connectivity index is 2.05. The Labute approximate surface area is 101 Å². The topological polar surface area (TPSA) is 0 Å². The monoisotopic (exact) mass is 220 g/mol. The van der Waals surface area contributed by atoms with E-state index in [9.17, 15) is 0 Å². The van der Waals surface area contributed by atoms with Gasteiger partial charge in [-0.2, -0.15) is 0 Å². The summed E-state index contributed by atoms with van der Waals surface area (Å²) in [4.78, 5) is 0. The van der Waals surface area contributed by atoms with Gasteiger partial charge in [-0.3, -0.25) is 0 Å². The zero-order chi connectivity index (χ0) is 11.8. The van der Waals surface area contributed by atoms with Gasteiger partial charge in [0.2, 0.25) is 0 Å². The molecule has 0 amide bonds. The first-order valence-corrected chi connectivity index (χ1v) is 7.16. The third-order valence-electron chi connectivity index (χ3n) is 6.22. The normalized spacial score (nSPS) is 55.7. The Bertz CT molecular complexity index is 301. The minimum absolute atomic E-state index is 0.509. The van der Waals surface area contributed by atoms with E-state index >= 15 is 0 Å².